The number of piperazine rings is 1. The number of aryl methyl sites for hydroxylation is 2. The number of thioether (sulfide) groups is 1. The molecule has 2 unspecified atom stereocenters. The summed E-state index contributed by atoms with van der Waals surface area (Å²) in [6.07, 6.45) is 1.85. The minimum atomic E-state index is -1.31. The predicted octanol–water partition coefficient (Wildman–Crippen LogP) is 5.07. The molecule has 0 amide bonds. The predicted molar refractivity (Wildman–Crippen MR) is 205 cm³/mol. The number of likely N-dealkylation sites (N-methyl/N-ethyl adjacent to an activating group) is 1. The summed E-state index contributed by atoms with van der Waals surface area (Å²) in [6.45, 7) is 8.80. The number of nitrogens with zero attached hydrogens (tertiary/aromatic N) is 3. The Morgan fingerprint density at radius 1 is 1.05 bits per heavy atom. The molecule has 14 heteroatoms. The number of aromatic hydroxyl groups is 2. The second kappa shape index (κ2) is 13.2. The van der Waals surface area contributed by atoms with Crippen molar-refractivity contribution in [2.24, 2.45) is 0 Å². The van der Waals surface area contributed by atoms with Gasteiger partial charge >= 0.3 is 11.9 Å². The van der Waals surface area contributed by atoms with Crippen LogP contribution in [0, 0.1) is 32.1 Å². The first-order chi connectivity index (χ1) is 26.8. The number of esters is 2. The van der Waals surface area contributed by atoms with Crippen molar-refractivity contribution in [1.82, 2.24) is 15.1 Å². The normalized spacial score (nSPS) is 30.0. The van der Waals surface area contributed by atoms with Gasteiger partial charge in [-0.2, -0.15) is 5.26 Å². The van der Waals surface area contributed by atoms with Crippen LogP contribution in [0.2, 0.25) is 0 Å². The summed E-state index contributed by atoms with van der Waals surface area (Å²) in [5.41, 5.74) is 5.41. The Kier molecular flexibility index (Phi) is 8.70. The number of phenolic OH excluding ortho intramolecular Hbond substituents is 2. The van der Waals surface area contributed by atoms with Crippen molar-refractivity contribution in [3.63, 3.8) is 0 Å². The van der Waals surface area contributed by atoms with E-state index in [1.165, 1.54) is 18.7 Å². The number of nitriles is 1. The molecular weight excluding hydrogens is 737 g/mol. The first kappa shape index (κ1) is 36.9. The van der Waals surface area contributed by atoms with Gasteiger partial charge in [-0.15, -0.1) is 11.8 Å². The summed E-state index contributed by atoms with van der Waals surface area (Å²) in [4.78, 5) is 32.3. The molecule has 3 aromatic rings. The molecule has 0 saturated carbocycles. The molecule has 294 valence electrons. The van der Waals surface area contributed by atoms with E-state index >= 15 is 0 Å². The molecule has 0 aliphatic carbocycles. The van der Waals surface area contributed by atoms with E-state index in [9.17, 15) is 25.1 Å². The number of rotatable bonds is 3. The standard InChI is InChI=1S/C42H46N4O9S/c1-8-24-11-22-13-29(48)18(2)10-25(22)42(44-24)16-56-40-32-31(39-38(53-17-54-39)20(4)37(32)55-21(5)47)28(15-52-41(42)50)46-27(14-43)26-12-23-9-19(3)36(51-7)35(49)30(23)33(34(40)46)45(26)6/h9-10,13,24,26-28,33-34,40,44,48-49H,8,11-12,15-17H2,1-7H3/t24?,26-,27-,28-,33+,34?,40+,42+/m0/s1. The third kappa shape index (κ3) is 5.03. The van der Waals surface area contributed by atoms with Crippen molar-refractivity contribution >= 4 is 23.7 Å². The van der Waals surface area contributed by atoms with E-state index in [0.717, 1.165) is 34.2 Å². The van der Waals surface area contributed by atoms with Gasteiger partial charge in [0.25, 0.3) is 0 Å². The van der Waals surface area contributed by atoms with Crippen LogP contribution in [0.25, 0.3) is 0 Å². The summed E-state index contributed by atoms with van der Waals surface area (Å²) in [7, 11) is 3.55. The molecule has 0 radical (unpaired) electrons. The maximum Gasteiger partial charge on any atom is 0.331 e. The molecule has 7 aliphatic heterocycles. The zero-order chi connectivity index (χ0) is 39.5. The van der Waals surface area contributed by atoms with E-state index in [-0.39, 0.29) is 42.7 Å². The fraction of sp³-hybridized carbons (Fsp3) is 0.500. The zero-order valence-electron chi connectivity index (χ0n) is 32.5. The van der Waals surface area contributed by atoms with Crippen LogP contribution in [0.15, 0.2) is 18.2 Å². The highest BCUT2D eigenvalue weighted by Gasteiger charge is 2.62. The lowest BCUT2D eigenvalue weighted by atomic mass is 9.71. The molecule has 1 spiro atoms. The quantitative estimate of drug-likeness (QED) is 0.239. The Morgan fingerprint density at radius 3 is 2.54 bits per heavy atom. The SMILES string of the molecule is CCC1Cc2cc(O)c(C)cc2[C@@]2(CS[C@@H]3c4c(OC(C)=O)c(C)c5c(c4[C@H](COC2=O)N2C3[C@H]3c4c(cc(C)c(OC)c4O)C[C@@H]([C@@H]2C#N)N3C)OCO5)N1. The van der Waals surface area contributed by atoms with E-state index in [1.54, 1.807) is 13.2 Å². The first-order valence-electron chi connectivity index (χ1n) is 19.2. The van der Waals surface area contributed by atoms with Crippen LogP contribution in [0.1, 0.15) is 87.7 Å². The molecule has 2 saturated heterocycles. The number of hydrogen-bond donors (Lipinski definition) is 3. The highest BCUT2D eigenvalue weighted by molar-refractivity contribution is 7.99. The van der Waals surface area contributed by atoms with Crippen LogP contribution in [0.5, 0.6) is 34.5 Å². The van der Waals surface area contributed by atoms with Gasteiger partial charge < -0.3 is 33.9 Å². The van der Waals surface area contributed by atoms with Crippen LogP contribution >= 0.6 is 11.8 Å². The summed E-state index contributed by atoms with van der Waals surface area (Å²) in [5.74, 6) is 1.13. The fourth-order valence-corrected chi connectivity index (χ4v) is 12.2. The van der Waals surface area contributed by atoms with Crippen LogP contribution in [-0.2, 0) is 32.7 Å². The van der Waals surface area contributed by atoms with Crippen molar-refractivity contribution in [2.45, 2.75) is 101 Å². The van der Waals surface area contributed by atoms with Crippen LogP contribution in [0.3, 0.4) is 0 Å². The van der Waals surface area contributed by atoms with Crippen molar-refractivity contribution < 1.29 is 43.5 Å². The fourth-order valence-electron chi connectivity index (χ4n) is 10.6. The Hall–Kier alpha value is -4.68. The first-order valence-corrected chi connectivity index (χ1v) is 20.2. The molecule has 8 atom stereocenters. The molecule has 2 fully saturated rings. The molecular formula is C42H46N4O9S. The number of carbonyl (C=O) groups is 2. The topological polar surface area (TPSA) is 163 Å². The van der Waals surface area contributed by atoms with E-state index in [4.69, 9.17) is 23.7 Å². The summed E-state index contributed by atoms with van der Waals surface area (Å²) < 4.78 is 30.8. The minimum absolute atomic E-state index is 0.0512. The van der Waals surface area contributed by atoms with Gasteiger partial charge in [-0.3, -0.25) is 19.9 Å². The average Bonchev–Trinajstić information content (AvgIpc) is 3.66. The Morgan fingerprint density at radius 2 is 1.82 bits per heavy atom. The molecule has 7 heterocycles. The van der Waals surface area contributed by atoms with Crippen molar-refractivity contribution in [1.29, 1.82) is 5.26 Å². The number of phenols is 2. The van der Waals surface area contributed by atoms with Gasteiger partial charge in [-0.05, 0) is 87.0 Å². The maximum atomic E-state index is 15.0. The number of methoxy groups -OCH3 is 1. The number of carbonyl (C=O) groups excluding carboxylic acids is 2. The van der Waals surface area contributed by atoms with Gasteiger partial charge in [0.15, 0.2) is 28.5 Å². The van der Waals surface area contributed by atoms with Gasteiger partial charge in [-0.25, -0.2) is 4.79 Å². The van der Waals surface area contributed by atoms with Crippen LogP contribution in [0.4, 0.5) is 0 Å². The van der Waals surface area contributed by atoms with Gasteiger partial charge in [-0.1, -0.05) is 13.0 Å². The van der Waals surface area contributed by atoms with E-state index in [0.29, 0.717) is 58.1 Å². The summed E-state index contributed by atoms with van der Waals surface area (Å²) in [5, 5.41) is 37.3. The average molecular weight is 783 g/mol. The smallest absolute Gasteiger partial charge is 0.331 e. The summed E-state index contributed by atoms with van der Waals surface area (Å²) in [6, 6.07) is 5.61. The van der Waals surface area contributed by atoms with E-state index in [1.807, 2.05) is 33.9 Å². The van der Waals surface area contributed by atoms with Gasteiger partial charge in [0.2, 0.25) is 6.79 Å². The lowest BCUT2D eigenvalue weighted by molar-refractivity contribution is -0.157. The zero-order valence-corrected chi connectivity index (χ0v) is 33.3. The van der Waals surface area contributed by atoms with Gasteiger partial charge in [0, 0.05) is 53.1 Å². The number of ether oxygens (including phenoxy) is 5. The number of benzene rings is 3. The molecule has 7 aliphatic rings. The molecule has 0 aromatic heterocycles. The monoisotopic (exact) mass is 782 g/mol. The highest BCUT2D eigenvalue weighted by Crippen LogP contribution is 2.64. The Bertz CT molecular complexity index is 2260. The third-order valence-corrected chi connectivity index (χ3v) is 14.5. The second-order valence-electron chi connectivity index (χ2n) is 16.0. The number of nitrogens with one attached hydrogen (secondary N) is 1. The van der Waals surface area contributed by atoms with Crippen molar-refractivity contribution in [3.8, 4) is 40.6 Å². The van der Waals surface area contributed by atoms with Crippen LogP contribution in [-0.4, -0.2) is 89.4 Å². The van der Waals surface area contributed by atoms with E-state index in [2.05, 4.69) is 34.2 Å². The summed E-state index contributed by atoms with van der Waals surface area (Å²) >= 11 is 1.53. The lowest BCUT2D eigenvalue weighted by Crippen LogP contribution is -2.69. The molecule has 56 heavy (non-hydrogen) atoms. The molecule has 13 nitrogen and oxygen atoms in total. The van der Waals surface area contributed by atoms with Gasteiger partial charge in [0.05, 0.1) is 30.5 Å². The Balaban J connectivity index is 1.34. The Labute approximate surface area is 329 Å². The number of fused-ring (bicyclic) bond motifs is 9. The van der Waals surface area contributed by atoms with Crippen molar-refractivity contribution in [3.05, 3.63) is 68.3 Å². The molecule has 4 bridgehead atoms. The largest absolute Gasteiger partial charge is 0.508 e. The van der Waals surface area contributed by atoms with Gasteiger partial charge in [0.1, 0.15) is 24.1 Å². The minimum Gasteiger partial charge on any atom is -0.508 e. The van der Waals surface area contributed by atoms with Crippen LogP contribution < -0.4 is 24.3 Å². The highest BCUT2D eigenvalue weighted by atomic mass is 32.2. The molecule has 10 rings (SSSR count). The second-order valence-corrected chi connectivity index (χ2v) is 17.1. The third-order valence-electron chi connectivity index (χ3n) is 13.0. The van der Waals surface area contributed by atoms with Crippen molar-refractivity contribution in [2.75, 3.05) is 33.3 Å². The maximum absolute atomic E-state index is 15.0. The number of hydrogen-bond acceptors (Lipinski definition) is 14. The molecule has 3 aromatic carbocycles. The van der Waals surface area contributed by atoms with E-state index < -0.39 is 46.9 Å². The molecule has 3 N–H and O–H groups in total. The lowest BCUT2D eigenvalue weighted by Gasteiger charge is -2.62.